The second-order valence-corrected chi connectivity index (χ2v) is 7.97. The maximum atomic E-state index is 12.1. The maximum Gasteiger partial charge on any atom is 0.260 e. The highest BCUT2D eigenvalue weighted by molar-refractivity contribution is 7.92. The molecule has 2 heterocycles. The fourth-order valence-electron chi connectivity index (χ4n) is 2.82. The Morgan fingerprint density at radius 1 is 1.40 bits per heavy atom. The number of rotatable bonds is 6. The van der Waals surface area contributed by atoms with Crippen LogP contribution in [-0.2, 0) is 10.0 Å². The Bertz CT molecular complexity index is 821. The van der Waals surface area contributed by atoms with Crippen LogP contribution in [0.5, 0.6) is 0 Å². The molecule has 0 spiro atoms. The van der Waals surface area contributed by atoms with E-state index < -0.39 is 10.0 Å². The van der Waals surface area contributed by atoms with Crippen LogP contribution in [0.1, 0.15) is 25.2 Å². The Morgan fingerprint density at radius 3 is 2.96 bits per heavy atom. The predicted molar refractivity (Wildman–Crippen MR) is 95.7 cm³/mol. The maximum absolute atomic E-state index is 12.1. The van der Waals surface area contributed by atoms with Crippen LogP contribution < -0.4 is 10.0 Å². The lowest BCUT2D eigenvalue weighted by atomic mass is 10.1. The molecule has 1 aromatic carbocycles. The molecular formula is C16H23N5O3S. The normalized spacial score (nSPS) is 19.0. The molecule has 1 aliphatic heterocycles. The molecule has 9 heteroatoms. The van der Waals surface area contributed by atoms with E-state index in [0.717, 1.165) is 19.6 Å². The minimum atomic E-state index is -3.40. The number of hydrogen-bond donors (Lipinski definition) is 2. The summed E-state index contributed by atoms with van der Waals surface area (Å²) in [5.74, 6) is 0.967. The van der Waals surface area contributed by atoms with Crippen LogP contribution in [0.4, 0.5) is 5.69 Å². The topological polar surface area (TPSA) is 100 Å². The first-order valence-electron chi connectivity index (χ1n) is 8.34. The number of benzene rings is 1. The number of likely N-dealkylation sites (N-methyl/N-ethyl adjacent to an activating group) is 1. The summed E-state index contributed by atoms with van der Waals surface area (Å²) in [6, 6.07) is 7.08. The molecule has 0 amide bonds. The predicted octanol–water partition coefficient (Wildman–Crippen LogP) is 1.46. The van der Waals surface area contributed by atoms with Gasteiger partial charge in [-0.1, -0.05) is 24.2 Å². The van der Waals surface area contributed by atoms with E-state index >= 15 is 0 Å². The number of anilines is 1. The Hall–Kier alpha value is -1.97. The zero-order valence-electron chi connectivity index (χ0n) is 14.4. The molecule has 2 aromatic rings. The molecule has 1 aromatic heterocycles. The second kappa shape index (κ2) is 7.51. The van der Waals surface area contributed by atoms with Crippen molar-refractivity contribution in [1.29, 1.82) is 0 Å². The van der Waals surface area contributed by atoms with Gasteiger partial charge in [-0.2, -0.15) is 4.98 Å². The van der Waals surface area contributed by atoms with Gasteiger partial charge in [-0.25, -0.2) is 8.42 Å². The highest BCUT2D eigenvalue weighted by Crippen LogP contribution is 2.29. The lowest BCUT2D eigenvalue weighted by Crippen LogP contribution is -2.44. The molecule has 0 saturated carbocycles. The summed E-state index contributed by atoms with van der Waals surface area (Å²) >= 11 is 0. The zero-order valence-corrected chi connectivity index (χ0v) is 15.2. The monoisotopic (exact) mass is 365 g/mol. The smallest absolute Gasteiger partial charge is 0.260 e. The molecule has 1 saturated heterocycles. The van der Waals surface area contributed by atoms with Crippen molar-refractivity contribution in [3.8, 4) is 11.5 Å². The van der Waals surface area contributed by atoms with Gasteiger partial charge in [-0.15, -0.1) is 0 Å². The molecular weight excluding hydrogens is 342 g/mol. The van der Waals surface area contributed by atoms with E-state index in [1.54, 1.807) is 18.2 Å². The molecule has 1 fully saturated rings. The van der Waals surface area contributed by atoms with Crippen molar-refractivity contribution < 1.29 is 12.9 Å². The Morgan fingerprint density at radius 2 is 2.20 bits per heavy atom. The fraction of sp³-hybridized carbons (Fsp3) is 0.500. The van der Waals surface area contributed by atoms with Crippen LogP contribution in [-0.4, -0.2) is 55.9 Å². The number of para-hydroxylation sites is 1. The van der Waals surface area contributed by atoms with E-state index in [2.05, 4.69) is 25.1 Å². The summed E-state index contributed by atoms with van der Waals surface area (Å²) in [4.78, 5) is 6.66. The van der Waals surface area contributed by atoms with E-state index in [9.17, 15) is 8.42 Å². The number of sulfonamides is 1. The molecule has 0 bridgehead atoms. The first kappa shape index (κ1) is 17.8. The molecule has 3 rings (SSSR count). The van der Waals surface area contributed by atoms with Gasteiger partial charge < -0.3 is 9.84 Å². The zero-order chi connectivity index (χ0) is 17.9. The number of aromatic nitrogens is 2. The Kier molecular flexibility index (Phi) is 5.36. The number of piperazine rings is 1. The van der Waals surface area contributed by atoms with Crippen LogP contribution in [0, 0.1) is 0 Å². The number of nitrogens with zero attached hydrogens (tertiary/aromatic N) is 3. The first-order valence-corrected chi connectivity index (χ1v) is 10.00. The van der Waals surface area contributed by atoms with Crippen LogP contribution in [0.2, 0.25) is 0 Å². The average molecular weight is 365 g/mol. The van der Waals surface area contributed by atoms with Crippen LogP contribution in [0.25, 0.3) is 11.5 Å². The standard InChI is InChI=1S/C16H23N5O3S/c1-3-10-25(22,23)20-13-7-5-4-6-12(13)16-18-15(19-24-16)14-11-17-8-9-21(14)2/h4-7,14,17,20H,3,8-11H2,1-2H3. The van der Waals surface area contributed by atoms with Gasteiger partial charge in [0, 0.05) is 19.6 Å². The van der Waals surface area contributed by atoms with Crippen molar-refractivity contribution in [3.63, 3.8) is 0 Å². The van der Waals surface area contributed by atoms with Gasteiger partial charge in [0.1, 0.15) is 0 Å². The molecule has 0 aliphatic carbocycles. The molecule has 25 heavy (non-hydrogen) atoms. The van der Waals surface area contributed by atoms with Gasteiger partial charge in [-0.3, -0.25) is 9.62 Å². The van der Waals surface area contributed by atoms with Crippen LogP contribution >= 0.6 is 0 Å². The number of hydrogen-bond acceptors (Lipinski definition) is 7. The van der Waals surface area contributed by atoms with Crippen molar-refractivity contribution in [3.05, 3.63) is 30.1 Å². The van der Waals surface area contributed by atoms with Crippen molar-refractivity contribution >= 4 is 15.7 Å². The molecule has 1 unspecified atom stereocenters. The number of nitrogens with one attached hydrogen (secondary N) is 2. The highest BCUT2D eigenvalue weighted by Gasteiger charge is 2.26. The lowest BCUT2D eigenvalue weighted by Gasteiger charge is -2.30. The third kappa shape index (κ3) is 4.17. The quantitative estimate of drug-likeness (QED) is 0.799. The van der Waals surface area contributed by atoms with Crippen molar-refractivity contribution in [2.75, 3.05) is 37.2 Å². The second-order valence-electron chi connectivity index (χ2n) is 6.12. The third-order valence-electron chi connectivity index (χ3n) is 4.15. The molecule has 2 N–H and O–H groups in total. The Labute approximate surface area is 147 Å². The summed E-state index contributed by atoms with van der Waals surface area (Å²) < 4.78 is 32.2. The molecule has 1 atom stereocenters. The summed E-state index contributed by atoms with van der Waals surface area (Å²) in [5, 5.41) is 7.41. The van der Waals surface area contributed by atoms with Gasteiger partial charge in [0.05, 0.1) is 23.0 Å². The summed E-state index contributed by atoms with van der Waals surface area (Å²) in [7, 11) is -1.37. The lowest BCUT2D eigenvalue weighted by molar-refractivity contribution is 0.190. The van der Waals surface area contributed by atoms with Crippen LogP contribution in [0.15, 0.2) is 28.8 Å². The van der Waals surface area contributed by atoms with E-state index in [4.69, 9.17) is 4.52 Å². The highest BCUT2D eigenvalue weighted by atomic mass is 32.2. The van der Waals surface area contributed by atoms with Gasteiger partial charge in [0.15, 0.2) is 5.82 Å². The van der Waals surface area contributed by atoms with E-state index in [0.29, 0.717) is 29.4 Å². The molecule has 8 nitrogen and oxygen atoms in total. The van der Waals surface area contributed by atoms with Crippen LogP contribution in [0.3, 0.4) is 0 Å². The summed E-state index contributed by atoms with van der Waals surface area (Å²) in [6.07, 6.45) is 0.545. The Balaban J connectivity index is 1.88. The van der Waals surface area contributed by atoms with Gasteiger partial charge in [0.25, 0.3) is 5.89 Å². The minimum Gasteiger partial charge on any atom is -0.334 e. The summed E-state index contributed by atoms with van der Waals surface area (Å²) in [5.41, 5.74) is 1.02. The van der Waals surface area contributed by atoms with Crippen molar-refractivity contribution in [1.82, 2.24) is 20.4 Å². The minimum absolute atomic E-state index is 0.0372. The van der Waals surface area contributed by atoms with Gasteiger partial charge >= 0.3 is 0 Å². The van der Waals surface area contributed by atoms with E-state index in [-0.39, 0.29) is 11.8 Å². The SMILES string of the molecule is CCCS(=O)(=O)Nc1ccccc1-c1nc(C2CNCCN2C)no1. The van der Waals surface area contributed by atoms with Crippen molar-refractivity contribution in [2.24, 2.45) is 0 Å². The van der Waals surface area contributed by atoms with Gasteiger partial charge in [0.2, 0.25) is 10.0 Å². The van der Waals surface area contributed by atoms with Crippen molar-refractivity contribution in [2.45, 2.75) is 19.4 Å². The van der Waals surface area contributed by atoms with E-state index in [1.807, 2.05) is 20.0 Å². The first-order chi connectivity index (χ1) is 12.0. The van der Waals surface area contributed by atoms with Gasteiger partial charge in [-0.05, 0) is 25.6 Å². The largest absolute Gasteiger partial charge is 0.334 e. The average Bonchev–Trinajstić information content (AvgIpc) is 3.05. The fourth-order valence-corrected chi connectivity index (χ4v) is 3.97. The summed E-state index contributed by atoms with van der Waals surface area (Å²) in [6.45, 7) is 4.41. The molecule has 1 aliphatic rings. The molecule has 0 radical (unpaired) electrons. The third-order valence-corrected chi connectivity index (χ3v) is 5.62. The van der Waals surface area contributed by atoms with E-state index in [1.165, 1.54) is 0 Å². The molecule has 136 valence electrons.